The summed E-state index contributed by atoms with van der Waals surface area (Å²) in [7, 11) is -3.45. The predicted molar refractivity (Wildman–Crippen MR) is 102 cm³/mol. The Bertz CT molecular complexity index is 989. The molecule has 0 aliphatic carbocycles. The highest BCUT2D eigenvalue weighted by atomic mass is 32.2. The molecule has 0 saturated carbocycles. The van der Waals surface area contributed by atoms with E-state index >= 15 is 0 Å². The maximum Gasteiger partial charge on any atom is 0.218 e. The third kappa shape index (κ3) is 3.91. The first kappa shape index (κ1) is 17.8. The first-order valence-corrected chi connectivity index (χ1v) is 10.6. The SMILES string of the molecule is O=S(=O)(Cc1ccccc1)N1CCCCC1c1nc(-c2ccncc2)n[nH]1. The molecular formula is C19H21N5O2S. The Balaban J connectivity index is 1.60. The van der Waals surface area contributed by atoms with Crippen molar-refractivity contribution in [3.63, 3.8) is 0 Å². The zero-order valence-corrected chi connectivity index (χ0v) is 15.6. The molecular weight excluding hydrogens is 362 g/mol. The number of piperidine rings is 1. The molecule has 1 atom stereocenters. The number of rotatable bonds is 5. The van der Waals surface area contributed by atoms with Crippen LogP contribution in [0.25, 0.3) is 11.4 Å². The Hall–Kier alpha value is -2.58. The molecule has 140 valence electrons. The minimum absolute atomic E-state index is 0.00428. The number of hydrogen-bond donors (Lipinski definition) is 1. The molecule has 0 spiro atoms. The third-order valence-electron chi connectivity index (χ3n) is 4.76. The molecule has 0 amide bonds. The van der Waals surface area contributed by atoms with E-state index in [2.05, 4.69) is 20.2 Å². The molecule has 8 heteroatoms. The molecule has 0 radical (unpaired) electrons. The van der Waals surface area contributed by atoms with Gasteiger partial charge >= 0.3 is 0 Å². The predicted octanol–water partition coefficient (Wildman–Crippen LogP) is 2.92. The van der Waals surface area contributed by atoms with Gasteiger partial charge in [0.05, 0.1) is 11.8 Å². The Kier molecular flexibility index (Phi) is 5.00. The molecule has 0 bridgehead atoms. The molecule has 2 aromatic heterocycles. The highest BCUT2D eigenvalue weighted by Gasteiger charge is 2.35. The van der Waals surface area contributed by atoms with Gasteiger partial charge in [-0.25, -0.2) is 13.4 Å². The fraction of sp³-hybridized carbons (Fsp3) is 0.316. The van der Waals surface area contributed by atoms with Gasteiger partial charge in [-0.3, -0.25) is 10.1 Å². The monoisotopic (exact) mass is 383 g/mol. The summed E-state index contributed by atoms with van der Waals surface area (Å²) in [6.07, 6.45) is 5.92. The van der Waals surface area contributed by atoms with Crippen LogP contribution in [-0.2, 0) is 15.8 Å². The van der Waals surface area contributed by atoms with Crippen molar-refractivity contribution in [3.05, 3.63) is 66.2 Å². The van der Waals surface area contributed by atoms with Crippen LogP contribution in [0.15, 0.2) is 54.9 Å². The lowest BCUT2D eigenvalue weighted by atomic mass is 10.0. The third-order valence-corrected chi connectivity index (χ3v) is 6.61. The van der Waals surface area contributed by atoms with Crippen LogP contribution in [-0.4, -0.2) is 39.4 Å². The molecule has 1 aliphatic heterocycles. The van der Waals surface area contributed by atoms with Gasteiger partial charge in [-0.2, -0.15) is 9.40 Å². The van der Waals surface area contributed by atoms with Crippen molar-refractivity contribution in [3.8, 4) is 11.4 Å². The quantitative estimate of drug-likeness (QED) is 0.731. The van der Waals surface area contributed by atoms with E-state index in [1.54, 1.807) is 16.7 Å². The maximum atomic E-state index is 13.1. The molecule has 1 saturated heterocycles. The van der Waals surface area contributed by atoms with Crippen LogP contribution in [0.1, 0.15) is 36.7 Å². The van der Waals surface area contributed by atoms with Gasteiger partial charge < -0.3 is 0 Å². The summed E-state index contributed by atoms with van der Waals surface area (Å²) in [5.74, 6) is 1.15. The summed E-state index contributed by atoms with van der Waals surface area (Å²) in [6, 6.07) is 12.6. The lowest BCUT2D eigenvalue weighted by Gasteiger charge is -2.33. The summed E-state index contributed by atoms with van der Waals surface area (Å²) < 4.78 is 27.7. The van der Waals surface area contributed by atoms with Crippen molar-refractivity contribution < 1.29 is 8.42 Å². The van der Waals surface area contributed by atoms with E-state index in [4.69, 9.17) is 0 Å². The van der Waals surface area contributed by atoms with Gasteiger partial charge in [0.1, 0.15) is 5.82 Å². The van der Waals surface area contributed by atoms with E-state index in [9.17, 15) is 8.42 Å². The molecule has 1 aromatic carbocycles. The number of pyridine rings is 1. The van der Waals surface area contributed by atoms with Gasteiger partial charge in [0.25, 0.3) is 0 Å². The van der Waals surface area contributed by atoms with Crippen LogP contribution < -0.4 is 0 Å². The molecule has 4 rings (SSSR count). The number of sulfonamides is 1. The van der Waals surface area contributed by atoms with Crippen LogP contribution in [0.3, 0.4) is 0 Å². The van der Waals surface area contributed by atoms with Gasteiger partial charge in [0, 0.05) is 24.5 Å². The highest BCUT2D eigenvalue weighted by molar-refractivity contribution is 7.88. The fourth-order valence-electron chi connectivity index (χ4n) is 3.43. The van der Waals surface area contributed by atoms with E-state index in [0.717, 1.165) is 30.4 Å². The van der Waals surface area contributed by atoms with Crippen LogP contribution in [0.5, 0.6) is 0 Å². The largest absolute Gasteiger partial charge is 0.265 e. The number of nitrogens with zero attached hydrogens (tertiary/aromatic N) is 4. The number of aromatic nitrogens is 4. The van der Waals surface area contributed by atoms with Crippen LogP contribution >= 0.6 is 0 Å². The Morgan fingerprint density at radius 2 is 1.85 bits per heavy atom. The average Bonchev–Trinajstić information content (AvgIpc) is 3.19. The molecule has 7 nitrogen and oxygen atoms in total. The standard InChI is InChI=1S/C19H21N5O2S/c25-27(26,14-15-6-2-1-3-7-15)24-13-5-4-8-17(24)19-21-18(22-23-19)16-9-11-20-12-10-16/h1-3,6-7,9-12,17H,4-5,8,13-14H2,(H,21,22,23). The summed E-state index contributed by atoms with van der Waals surface area (Å²) in [5, 5.41) is 7.23. The van der Waals surface area contributed by atoms with Crippen LogP contribution in [0.4, 0.5) is 0 Å². The zero-order valence-electron chi connectivity index (χ0n) is 14.8. The summed E-state index contributed by atoms with van der Waals surface area (Å²) in [6.45, 7) is 0.505. The van der Waals surface area contributed by atoms with E-state index < -0.39 is 10.0 Å². The summed E-state index contributed by atoms with van der Waals surface area (Å²) >= 11 is 0. The first-order chi connectivity index (χ1) is 13.1. The Morgan fingerprint density at radius 3 is 2.63 bits per heavy atom. The second-order valence-corrected chi connectivity index (χ2v) is 8.57. The smallest absolute Gasteiger partial charge is 0.218 e. The second-order valence-electron chi connectivity index (χ2n) is 6.64. The first-order valence-electron chi connectivity index (χ1n) is 9.00. The van der Waals surface area contributed by atoms with Crippen LogP contribution in [0, 0.1) is 0 Å². The van der Waals surface area contributed by atoms with Crippen LogP contribution in [0.2, 0.25) is 0 Å². The highest BCUT2D eigenvalue weighted by Crippen LogP contribution is 2.33. The van der Waals surface area contributed by atoms with Crippen molar-refractivity contribution in [1.29, 1.82) is 0 Å². The van der Waals surface area contributed by atoms with Crippen molar-refractivity contribution >= 4 is 10.0 Å². The molecule has 1 fully saturated rings. The Labute approximate surface area is 158 Å². The average molecular weight is 383 g/mol. The molecule has 3 heterocycles. The van der Waals surface area contributed by atoms with Crippen molar-refractivity contribution in [2.45, 2.75) is 31.1 Å². The topological polar surface area (TPSA) is 91.8 Å². The fourth-order valence-corrected chi connectivity index (χ4v) is 5.21. The zero-order chi connectivity index (χ0) is 18.7. The lowest BCUT2D eigenvalue weighted by molar-refractivity contribution is 0.246. The van der Waals surface area contributed by atoms with Gasteiger partial charge in [0.2, 0.25) is 10.0 Å². The molecule has 1 aliphatic rings. The molecule has 1 N–H and O–H groups in total. The van der Waals surface area contributed by atoms with E-state index in [0.29, 0.717) is 18.2 Å². The molecule has 3 aromatic rings. The van der Waals surface area contributed by atoms with Gasteiger partial charge in [-0.15, -0.1) is 0 Å². The number of nitrogens with one attached hydrogen (secondary N) is 1. The van der Waals surface area contributed by atoms with Gasteiger partial charge in [-0.05, 0) is 30.5 Å². The molecule has 1 unspecified atom stereocenters. The van der Waals surface area contributed by atoms with Crippen molar-refractivity contribution in [2.24, 2.45) is 0 Å². The summed E-state index contributed by atoms with van der Waals surface area (Å²) in [4.78, 5) is 8.57. The number of hydrogen-bond acceptors (Lipinski definition) is 5. The van der Waals surface area contributed by atoms with E-state index in [-0.39, 0.29) is 11.8 Å². The minimum atomic E-state index is -3.45. The number of H-pyrrole nitrogens is 1. The Morgan fingerprint density at radius 1 is 1.07 bits per heavy atom. The molecule has 27 heavy (non-hydrogen) atoms. The summed E-state index contributed by atoms with van der Waals surface area (Å²) in [5.41, 5.74) is 1.64. The number of benzene rings is 1. The van der Waals surface area contributed by atoms with Crippen molar-refractivity contribution in [2.75, 3.05) is 6.54 Å². The maximum absolute atomic E-state index is 13.1. The normalized spacial score (nSPS) is 18.4. The second kappa shape index (κ2) is 7.58. The lowest BCUT2D eigenvalue weighted by Crippen LogP contribution is -2.39. The number of aromatic amines is 1. The van der Waals surface area contributed by atoms with E-state index in [1.165, 1.54) is 0 Å². The van der Waals surface area contributed by atoms with Gasteiger partial charge in [-0.1, -0.05) is 36.8 Å². The minimum Gasteiger partial charge on any atom is -0.265 e. The van der Waals surface area contributed by atoms with Crippen molar-refractivity contribution in [1.82, 2.24) is 24.5 Å². The van der Waals surface area contributed by atoms with Gasteiger partial charge in [0.15, 0.2) is 5.82 Å². The van der Waals surface area contributed by atoms with E-state index in [1.807, 2.05) is 42.5 Å².